The van der Waals surface area contributed by atoms with Crippen LogP contribution in [0, 0.1) is 0 Å². The second-order valence-electron chi connectivity index (χ2n) is 9.44. The molecule has 7 nitrogen and oxygen atoms in total. The van der Waals surface area contributed by atoms with E-state index in [9.17, 15) is 9.90 Å². The highest BCUT2D eigenvalue weighted by molar-refractivity contribution is 5.51. The second-order valence-corrected chi connectivity index (χ2v) is 9.44. The molecule has 33 heavy (non-hydrogen) atoms. The molecule has 0 spiro atoms. The SMILES string of the molecule is CN1CCN(c2cccnc2CCn2ccn(-c3ccc(C4(O)CCCC4)cc3)c2=O)CC1. The molecule has 1 aliphatic carbocycles. The third-order valence-corrected chi connectivity index (χ3v) is 7.26. The molecule has 5 rings (SSSR count). The number of piperazine rings is 1. The van der Waals surface area contributed by atoms with E-state index in [2.05, 4.69) is 27.9 Å². The van der Waals surface area contributed by atoms with Crippen molar-refractivity contribution in [2.75, 3.05) is 38.1 Å². The first-order valence-corrected chi connectivity index (χ1v) is 12.0. The number of hydrogen-bond donors (Lipinski definition) is 1. The zero-order chi connectivity index (χ0) is 22.8. The predicted octanol–water partition coefficient (Wildman–Crippen LogP) is 2.79. The highest BCUT2D eigenvalue weighted by Gasteiger charge is 2.32. The second kappa shape index (κ2) is 9.15. The lowest BCUT2D eigenvalue weighted by molar-refractivity contribution is 0.0445. The Bertz CT molecular complexity index is 1140. The van der Waals surface area contributed by atoms with Crippen molar-refractivity contribution < 1.29 is 5.11 Å². The van der Waals surface area contributed by atoms with E-state index in [4.69, 9.17) is 0 Å². The van der Waals surface area contributed by atoms with Gasteiger partial charge >= 0.3 is 5.69 Å². The topological polar surface area (TPSA) is 66.5 Å². The van der Waals surface area contributed by atoms with Crippen LogP contribution in [0.2, 0.25) is 0 Å². The molecule has 174 valence electrons. The van der Waals surface area contributed by atoms with Crippen LogP contribution >= 0.6 is 0 Å². The average Bonchev–Trinajstić information content (AvgIpc) is 3.45. The predicted molar refractivity (Wildman–Crippen MR) is 130 cm³/mol. The molecule has 0 unspecified atom stereocenters. The van der Waals surface area contributed by atoms with Crippen molar-refractivity contribution in [3.05, 3.63) is 76.7 Å². The maximum Gasteiger partial charge on any atom is 0.332 e. The number of likely N-dealkylation sites (N-methyl/N-ethyl adjacent to an activating group) is 1. The molecule has 1 N–H and O–H groups in total. The van der Waals surface area contributed by atoms with Crippen LogP contribution in [0.5, 0.6) is 0 Å². The molecule has 0 radical (unpaired) electrons. The number of nitrogens with zero attached hydrogens (tertiary/aromatic N) is 5. The Labute approximate surface area is 194 Å². The van der Waals surface area contributed by atoms with Crippen LogP contribution in [0.4, 0.5) is 5.69 Å². The molecule has 3 heterocycles. The molecule has 0 bridgehead atoms. The first-order chi connectivity index (χ1) is 16.0. The zero-order valence-electron chi connectivity index (χ0n) is 19.4. The number of aryl methyl sites for hydroxylation is 2. The van der Waals surface area contributed by atoms with E-state index in [1.165, 1.54) is 5.69 Å². The van der Waals surface area contributed by atoms with Gasteiger partial charge in [-0.3, -0.25) is 14.1 Å². The Hall–Kier alpha value is -2.90. The van der Waals surface area contributed by atoms with Gasteiger partial charge in [0.15, 0.2) is 0 Å². The number of pyridine rings is 1. The van der Waals surface area contributed by atoms with Crippen molar-refractivity contribution in [2.24, 2.45) is 0 Å². The van der Waals surface area contributed by atoms with Crippen LogP contribution in [-0.4, -0.2) is 57.4 Å². The number of aliphatic hydroxyl groups is 1. The minimum atomic E-state index is -0.709. The van der Waals surface area contributed by atoms with Crippen molar-refractivity contribution in [3.63, 3.8) is 0 Å². The van der Waals surface area contributed by atoms with Crippen molar-refractivity contribution in [3.8, 4) is 5.69 Å². The van der Waals surface area contributed by atoms with Gasteiger partial charge in [-0.25, -0.2) is 4.79 Å². The minimum absolute atomic E-state index is 0.0561. The summed E-state index contributed by atoms with van der Waals surface area (Å²) in [6.45, 7) is 4.67. The maximum absolute atomic E-state index is 13.1. The number of benzene rings is 1. The summed E-state index contributed by atoms with van der Waals surface area (Å²) >= 11 is 0. The Morgan fingerprint density at radius 3 is 2.45 bits per heavy atom. The lowest BCUT2D eigenvalue weighted by Crippen LogP contribution is -2.44. The first-order valence-electron chi connectivity index (χ1n) is 12.0. The van der Waals surface area contributed by atoms with Gasteiger partial charge in [-0.15, -0.1) is 0 Å². The van der Waals surface area contributed by atoms with Crippen molar-refractivity contribution in [1.29, 1.82) is 0 Å². The van der Waals surface area contributed by atoms with E-state index < -0.39 is 5.60 Å². The lowest BCUT2D eigenvalue weighted by Gasteiger charge is -2.34. The van der Waals surface area contributed by atoms with Crippen LogP contribution in [-0.2, 0) is 18.6 Å². The van der Waals surface area contributed by atoms with E-state index in [0.29, 0.717) is 13.0 Å². The Morgan fingerprint density at radius 2 is 1.73 bits per heavy atom. The van der Waals surface area contributed by atoms with E-state index in [-0.39, 0.29) is 5.69 Å². The molecule has 2 aromatic heterocycles. The van der Waals surface area contributed by atoms with E-state index >= 15 is 0 Å². The van der Waals surface area contributed by atoms with Crippen LogP contribution in [0.3, 0.4) is 0 Å². The average molecular weight is 448 g/mol. The molecule has 2 fully saturated rings. The van der Waals surface area contributed by atoms with Gasteiger partial charge in [-0.05, 0) is 49.7 Å². The molecule has 3 aromatic rings. The first kappa shape index (κ1) is 21.9. The van der Waals surface area contributed by atoms with Gasteiger partial charge in [0, 0.05) is 57.7 Å². The van der Waals surface area contributed by atoms with Gasteiger partial charge in [0.05, 0.1) is 22.7 Å². The summed E-state index contributed by atoms with van der Waals surface area (Å²) in [4.78, 5) is 22.4. The fourth-order valence-corrected chi connectivity index (χ4v) is 5.14. The third kappa shape index (κ3) is 4.48. The maximum atomic E-state index is 13.1. The van der Waals surface area contributed by atoms with Gasteiger partial charge in [-0.1, -0.05) is 25.0 Å². The fourth-order valence-electron chi connectivity index (χ4n) is 5.14. The number of aromatic nitrogens is 3. The van der Waals surface area contributed by atoms with Crippen LogP contribution < -0.4 is 10.6 Å². The normalized spacial score (nSPS) is 18.7. The number of anilines is 1. The smallest absolute Gasteiger partial charge is 0.332 e. The summed E-state index contributed by atoms with van der Waals surface area (Å²) in [5, 5.41) is 10.8. The summed E-state index contributed by atoms with van der Waals surface area (Å²) in [5.74, 6) is 0. The van der Waals surface area contributed by atoms with Crippen LogP contribution in [0.1, 0.15) is 36.9 Å². The molecule has 0 atom stereocenters. The molecule has 0 amide bonds. The lowest BCUT2D eigenvalue weighted by atomic mass is 9.92. The fraction of sp³-hybridized carbons (Fsp3) is 0.462. The van der Waals surface area contributed by atoms with Gasteiger partial charge in [-0.2, -0.15) is 0 Å². The zero-order valence-corrected chi connectivity index (χ0v) is 19.4. The molecule has 7 heteroatoms. The number of rotatable bonds is 6. The highest BCUT2D eigenvalue weighted by atomic mass is 16.3. The van der Waals surface area contributed by atoms with Gasteiger partial charge in [0.2, 0.25) is 0 Å². The van der Waals surface area contributed by atoms with E-state index in [1.807, 2.05) is 48.9 Å². The molecule has 1 aliphatic heterocycles. The summed E-state index contributed by atoms with van der Waals surface area (Å²) in [7, 11) is 2.16. The standard InChI is InChI=1S/C26H33N5O2/c1-28-15-17-29(18-16-28)24-5-4-13-27-23(24)10-14-30-19-20-31(25(30)32)22-8-6-21(7-9-22)26(33)11-2-3-12-26/h4-9,13,19-20,33H,2-3,10-12,14-18H2,1H3. The van der Waals surface area contributed by atoms with Crippen LogP contribution in [0.15, 0.2) is 59.8 Å². The Balaban J connectivity index is 1.29. The molecule has 2 aliphatic rings. The Kier molecular flexibility index (Phi) is 6.08. The summed E-state index contributed by atoms with van der Waals surface area (Å²) in [6, 6.07) is 11.9. The number of hydrogen-bond acceptors (Lipinski definition) is 5. The Morgan fingerprint density at radius 1 is 1.00 bits per heavy atom. The van der Waals surface area contributed by atoms with Crippen LogP contribution in [0.25, 0.3) is 5.69 Å². The van der Waals surface area contributed by atoms with Crippen molar-refractivity contribution in [2.45, 2.75) is 44.2 Å². The third-order valence-electron chi connectivity index (χ3n) is 7.26. The molecule has 1 saturated carbocycles. The van der Waals surface area contributed by atoms with E-state index in [1.54, 1.807) is 9.13 Å². The number of imidazole rings is 1. The monoisotopic (exact) mass is 447 g/mol. The summed E-state index contributed by atoms with van der Waals surface area (Å²) in [6.07, 6.45) is 9.96. The largest absolute Gasteiger partial charge is 0.385 e. The summed E-state index contributed by atoms with van der Waals surface area (Å²) in [5.41, 5.74) is 3.22. The van der Waals surface area contributed by atoms with E-state index in [0.717, 1.165) is 68.8 Å². The van der Waals surface area contributed by atoms with Gasteiger partial charge < -0.3 is 14.9 Å². The molecule has 1 saturated heterocycles. The summed E-state index contributed by atoms with van der Waals surface area (Å²) < 4.78 is 3.42. The quantitative estimate of drug-likeness (QED) is 0.630. The van der Waals surface area contributed by atoms with Gasteiger partial charge in [0.1, 0.15) is 0 Å². The molecule has 1 aromatic carbocycles. The van der Waals surface area contributed by atoms with Crippen molar-refractivity contribution >= 4 is 5.69 Å². The highest BCUT2D eigenvalue weighted by Crippen LogP contribution is 2.38. The molecular weight excluding hydrogens is 414 g/mol. The van der Waals surface area contributed by atoms with Crippen molar-refractivity contribution in [1.82, 2.24) is 19.0 Å². The van der Waals surface area contributed by atoms with Gasteiger partial charge in [0.25, 0.3) is 0 Å². The molecular formula is C26H33N5O2. The minimum Gasteiger partial charge on any atom is -0.385 e.